The molecular formula is C13H23N3O2. The first kappa shape index (κ1) is 14.7. The predicted octanol–water partition coefficient (Wildman–Crippen LogP) is 1.75. The van der Waals surface area contributed by atoms with Crippen LogP contribution in [0.5, 0.6) is 0 Å². The van der Waals surface area contributed by atoms with Crippen molar-refractivity contribution in [2.24, 2.45) is 5.92 Å². The van der Waals surface area contributed by atoms with E-state index >= 15 is 0 Å². The number of methoxy groups -OCH3 is 1. The summed E-state index contributed by atoms with van der Waals surface area (Å²) in [5, 5.41) is 7.47. The molecule has 0 aliphatic heterocycles. The van der Waals surface area contributed by atoms with E-state index in [0.717, 1.165) is 5.56 Å². The zero-order chi connectivity index (χ0) is 13.7. The lowest BCUT2D eigenvalue weighted by Crippen LogP contribution is -2.41. The van der Waals surface area contributed by atoms with Crippen molar-refractivity contribution in [2.75, 3.05) is 7.11 Å². The normalized spacial score (nSPS) is 13.1. The summed E-state index contributed by atoms with van der Waals surface area (Å²) < 4.78 is 6.69. The van der Waals surface area contributed by atoms with Gasteiger partial charge in [0.1, 0.15) is 6.04 Å². The molecule has 18 heavy (non-hydrogen) atoms. The fourth-order valence-corrected chi connectivity index (χ4v) is 1.70. The predicted molar refractivity (Wildman–Crippen MR) is 70.1 cm³/mol. The number of hydrogen-bond donors (Lipinski definition) is 1. The third kappa shape index (κ3) is 3.84. The van der Waals surface area contributed by atoms with Crippen molar-refractivity contribution in [2.45, 2.75) is 46.3 Å². The van der Waals surface area contributed by atoms with Gasteiger partial charge in [-0.3, -0.25) is 14.8 Å². The highest BCUT2D eigenvalue weighted by Gasteiger charge is 2.22. The maximum atomic E-state index is 11.6. The number of ether oxygens (including phenoxy) is 1. The number of nitrogens with zero attached hydrogens (tertiary/aromatic N) is 2. The highest BCUT2D eigenvalue weighted by atomic mass is 16.5. The Labute approximate surface area is 109 Å². The van der Waals surface area contributed by atoms with E-state index in [1.54, 1.807) is 0 Å². The van der Waals surface area contributed by atoms with Crippen molar-refractivity contribution in [1.82, 2.24) is 15.1 Å². The molecule has 1 rings (SSSR count). The number of nitrogens with one attached hydrogen (secondary N) is 1. The van der Waals surface area contributed by atoms with Crippen molar-refractivity contribution in [1.29, 1.82) is 0 Å². The van der Waals surface area contributed by atoms with E-state index in [1.807, 2.05) is 30.9 Å². The Morgan fingerprint density at radius 2 is 2.11 bits per heavy atom. The van der Waals surface area contributed by atoms with E-state index in [0.29, 0.717) is 12.6 Å². The lowest BCUT2D eigenvalue weighted by Gasteiger charge is -2.19. The van der Waals surface area contributed by atoms with Gasteiger partial charge in [0, 0.05) is 24.3 Å². The molecule has 0 amide bonds. The SMILES string of the molecule is COC(=O)C(NCc1cnn(C(C)C)c1)C(C)C. The minimum absolute atomic E-state index is 0.192. The van der Waals surface area contributed by atoms with Crippen molar-refractivity contribution < 1.29 is 9.53 Å². The number of carbonyl (C=O) groups excluding carboxylic acids is 1. The number of aromatic nitrogens is 2. The van der Waals surface area contributed by atoms with Gasteiger partial charge in [-0.1, -0.05) is 13.8 Å². The average Bonchev–Trinajstić information content (AvgIpc) is 2.77. The highest BCUT2D eigenvalue weighted by Crippen LogP contribution is 2.08. The van der Waals surface area contributed by atoms with Gasteiger partial charge in [-0.25, -0.2) is 0 Å². The second-order valence-corrected chi connectivity index (χ2v) is 5.05. The first-order valence-electron chi connectivity index (χ1n) is 6.30. The number of rotatable bonds is 6. The Morgan fingerprint density at radius 1 is 1.44 bits per heavy atom. The molecule has 0 bridgehead atoms. The van der Waals surface area contributed by atoms with Crippen LogP contribution in [0.15, 0.2) is 12.4 Å². The Bertz CT molecular complexity index is 385. The van der Waals surface area contributed by atoms with Crippen LogP contribution in [0.1, 0.15) is 39.3 Å². The van der Waals surface area contributed by atoms with E-state index in [9.17, 15) is 4.79 Å². The lowest BCUT2D eigenvalue weighted by atomic mass is 10.0. The Kier molecular flexibility index (Phi) is 5.34. The second kappa shape index (κ2) is 6.54. The molecule has 0 saturated carbocycles. The maximum Gasteiger partial charge on any atom is 0.323 e. The first-order valence-corrected chi connectivity index (χ1v) is 6.30. The molecule has 0 radical (unpaired) electrons. The fourth-order valence-electron chi connectivity index (χ4n) is 1.70. The Morgan fingerprint density at radius 3 is 2.56 bits per heavy atom. The largest absolute Gasteiger partial charge is 0.468 e. The summed E-state index contributed by atoms with van der Waals surface area (Å²) >= 11 is 0. The molecule has 1 aromatic rings. The summed E-state index contributed by atoms with van der Waals surface area (Å²) in [7, 11) is 1.41. The molecule has 102 valence electrons. The molecule has 1 N–H and O–H groups in total. The molecular weight excluding hydrogens is 230 g/mol. The molecule has 1 unspecified atom stereocenters. The zero-order valence-electron chi connectivity index (χ0n) is 11.8. The van der Waals surface area contributed by atoms with Gasteiger partial charge in [0.25, 0.3) is 0 Å². The van der Waals surface area contributed by atoms with Crippen LogP contribution in [-0.2, 0) is 16.1 Å². The van der Waals surface area contributed by atoms with E-state index in [4.69, 9.17) is 4.74 Å². The van der Waals surface area contributed by atoms with Gasteiger partial charge in [-0.2, -0.15) is 5.10 Å². The summed E-state index contributed by atoms with van der Waals surface area (Å²) in [4.78, 5) is 11.6. The summed E-state index contributed by atoms with van der Waals surface area (Å²) in [6.07, 6.45) is 3.81. The number of hydrogen-bond acceptors (Lipinski definition) is 4. The summed E-state index contributed by atoms with van der Waals surface area (Å²) in [6, 6.07) is 0.0673. The van der Waals surface area contributed by atoms with Crippen LogP contribution in [0.2, 0.25) is 0 Å². The van der Waals surface area contributed by atoms with Crippen LogP contribution in [0.25, 0.3) is 0 Å². The molecule has 0 saturated heterocycles. The summed E-state index contributed by atoms with van der Waals surface area (Å²) in [6.45, 7) is 8.76. The first-order chi connectivity index (χ1) is 8.45. The maximum absolute atomic E-state index is 11.6. The molecule has 0 aliphatic rings. The van der Waals surface area contributed by atoms with Crippen molar-refractivity contribution in [3.8, 4) is 0 Å². The monoisotopic (exact) mass is 253 g/mol. The van der Waals surface area contributed by atoms with Crippen LogP contribution in [0.3, 0.4) is 0 Å². The molecule has 5 nitrogen and oxygen atoms in total. The second-order valence-electron chi connectivity index (χ2n) is 5.05. The van der Waals surface area contributed by atoms with Gasteiger partial charge in [0.05, 0.1) is 13.3 Å². The molecule has 1 heterocycles. The van der Waals surface area contributed by atoms with Crippen LogP contribution in [0, 0.1) is 5.92 Å². The van der Waals surface area contributed by atoms with E-state index in [2.05, 4.69) is 24.3 Å². The molecule has 0 aromatic carbocycles. The van der Waals surface area contributed by atoms with Crippen LogP contribution in [-0.4, -0.2) is 28.9 Å². The molecule has 0 spiro atoms. The molecule has 0 aliphatic carbocycles. The van der Waals surface area contributed by atoms with Crippen LogP contribution in [0.4, 0.5) is 0 Å². The molecule has 0 fully saturated rings. The lowest BCUT2D eigenvalue weighted by molar-refractivity contribution is -0.144. The minimum atomic E-state index is -0.280. The van der Waals surface area contributed by atoms with Gasteiger partial charge in [0.2, 0.25) is 0 Å². The van der Waals surface area contributed by atoms with Crippen molar-refractivity contribution in [3.63, 3.8) is 0 Å². The van der Waals surface area contributed by atoms with Crippen molar-refractivity contribution in [3.05, 3.63) is 18.0 Å². The smallest absolute Gasteiger partial charge is 0.323 e. The van der Waals surface area contributed by atoms with E-state index in [-0.39, 0.29) is 17.9 Å². The topological polar surface area (TPSA) is 56.1 Å². The summed E-state index contributed by atoms with van der Waals surface area (Å²) in [5.74, 6) is -0.0288. The third-order valence-electron chi connectivity index (χ3n) is 2.83. The molecule has 5 heteroatoms. The Balaban J connectivity index is 2.58. The van der Waals surface area contributed by atoms with Crippen molar-refractivity contribution >= 4 is 5.97 Å². The Hall–Kier alpha value is -1.36. The van der Waals surface area contributed by atoms with Crippen LogP contribution >= 0.6 is 0 Å². The highest BCUT2D eigenvalue weighted by molar-refractivity contribution is 5.75. The van der Waals surface area contributed by atoms with Gasteiger partial charge in [-0.15, -0.1) is 0 Å². The quantitative estimate of drug-likeness (QED) is 0.785. The standard InChI is InChI=1S/C13H23N3O2/c1-9(2)12(13(17)18-5)14-6-11-7-15-16(8-11)10(3)4/h7-10,12,14H,6H2,1-5H3. The average molecular weight is 253 g/mol. The molecule has 1 aromatic heterocycles. The van der Waals surface area contributed by atoms with E-state index < -0.39 is 0 Å². The summed E-state index contributed by atoms with van der Waals surface area (Å²) in [5.41, 5.74) is 1.07. The van der Waals surface area contributed by atoms with Gasteiger partial charge >= 0.3 is 5.97 Å². The van der Waals surface area contributed by atoms with E-state index in [1.165, 1.54) is 7.11 Å². The van der Waals surface area contributed by atoms with Gasteiger partial charge in [0.15, 0.2) is 0 Å². The van der Waals surface area contributed by atoms with Gasteiger partial charge < -0.3 is 4.74 Å². The van der Waals surface area contributed by atoms with Gasteiger partial charge in [-0.05, 0) is 19.8 Å². The molecule has 1 atom stereocenters. The van der Waals surface area contributed by atoms with Crippen LogP contribution < -0.4 is 5.32 Å². The number of carbonyl (C=O) groups is 1. The third-order valence-corrected chi connectivity index (χ3v) is 2.83. The zero-order valence-corrected chi connectivity index (χ0v) is 11.8. The number of esters is 1. The minimum Gasteiger partial charge on any atom is -0.468 e. The fraction of sp³-hybridized carbons (Fsp3) is 0.692.